The molecule has 1 aliphatic rings. The first-order valence-electron chi connectivity index (χ1n) is 7.33. The zero-order chi connectivity index (χ0) is 14.9. The van der Waals surface area contributed by atoms with Gasteiger partial charge in [0.2, 0.25) is 0 Å². The lowest BCUT2D eigenvalue weighted by atomic mass is 9.77. The third-order valence-electron chi connectivity index (χ3n) is 4.26. The van der Waals surface area contributed by atoms with E-state index >= 15 is 0 Å². The molecule has 0 bridgehead atoms. The summed E-state index contributed by atoms with van der Waals surface area (Å²) in [5.41, 5.74) is 1.58. The van der Waals surface area contributed by atoms with Crippen LogP contribution in [0.5, 0.6) is 11.5 Å². The first-order chi connectivity index (χ1) is 10.1. The molecule has 21 heavy (non-hydrogen) atoms. The molecule has 110 valence electrons. The Kier molecular flexibility index (Phi) is 3.60. The fraction of sp³-hybridized carbons (Fsp3) is 0.333. The average molecular weight is 284 g/mol. The molecule has 1 fully saturated rings. The monoisotopic (exact) mass is 284 g/mol. The molecule has 1 atom stereocenters. The second kappa shape index (κ2) is 5.41. The molecule has 3 rings (SSSR count). The van der Waals surface area contributed by atoms with Crippen molar-refractivity contribution in [3.63, 3.8) is 0 Å². The first-order valence-corrected chi connectivity index (χ1v) is 7.33. The summed E-state index contributed by atoms with van der Waals surface area (Å²) < 4.78 is 6.22. The SMILES string of the molecule is CC1CCOC(c2ccc(O)cc2)(c2ccc(O)cc2)C1. The van der Waals surface area contributed by atoms with Crippen molar-refractivity contribution in [2.75, 3.05) is 6.61 Å². The second-order valence-corrected chi connectivity index (χ2v) is 5.87. The van der Waals surface area contributed by atoms with Crippen LogP contribution in [0, 0.1) is 5.92 Å². The lowest BCUT2D eigenvalue weighted by Crippen LogP contribution is -2.37. The Balaban J connectivity index is 2.10. The molecule has 2 N–H and O–H groups in total. The van der Waals surface area contributed by atoms with Crippen LogP contribution < -0.4 is 0 Å². The molecule has 0 saturated carbocycles. The summed E-state index contributed by atoms with van der Waals surface area (Å²) in [5, 5.41) is 19.0. The minimum Gasteiger partial charge on any atom is -0.508 e. The van der Waals surface area contributed by atoms with Gasteiger partial charge < -0.3 is 14.9 Å². The molecule has 1 saturated heterocycles. The minimum atomic E-state index is -0.501. The van der Waals surface area contributed by atoms with Crippen LogP contribution in [0.4, 0.5) is 0 Å². The average Bonchev–Trinajstić information content (AvgIpc) is 2.48. The Morgan fingerprint density at radius 1 is 0.905 bits per heavy atom. The van der Waals surface area contributed by atoms with Gasteiger partial charge in [-0.25, -0.2) is 0 Å². The Morgan fingerprint density at radius 3 is 1.81 bits per heavy atom. The molecule has 0 aromatic heterocycles. The minimum absolute atomic E-state index is 0.253. The molecule has 2 aromatic carbocycles. The van der Waals surface area contributed by atoms with E-state index in [0.717, 1.165) is 24.0 Å². The Hall–Kier alpha value is -2.00. The quantitative estimate of drug-likeness (QED) is 0.882. The second-order valence-electron chi connectivity index (χ2n) is 5.87. The van der Waals surface area contributed by atoms with Gasteiger partial charge in [0, 0.05) is 6.61 Å². The molecule has 3 heteroatoms. The van der Waals surface area contributed by atoms with E-state index < -0.39 is 5.60 Å². The summed E-state index contributed by atoms with van der Waals surface area (Å²) in [6.45, 7) is 2.95. The third kappa shape index (κ3) is 2.61. The summed E-state index contributed by atoms with van der Waals surface area (Å²) in [4.78, 5) is 0. The summed E-state index contributed by atoms with van der Waals surface area (Å²) in [6, 6.07) is 14.4. The van der Waals surface area contributed by atoms with Crippen LogP contribution in [-0.4, -0.2) is 16.8 Å². The molecule has 1 aliphatic heterocycles. The summed E-state index contributed by atoms with van der Waals surface area (Å²) in [6.07, 6.45) is 1.94. The Bertz CT molecular complexity index is 556. The van der Waals surface area contributed by atoms with Crippen LogP contribution in [0.25, 0.3) is 0 Å². The van der Waals surface area contributed by atoms with E-state index in [0.29, 0.717) is 12.5 Å². The van der Waals surface area contributed by atoms with Crippen molar-refractivity contribution in [3.8, 4) is 11.5 Å². The zero-order valence-electron chi connectivity index (χ0n) is 12.1. The van der Waals surface area contributed by atoms with Gasteiger partial charge in [0.1, 0.15) is 17.1 Å². The van der Waals surface area contributed by atoms with Crippen molar-refractivity contribution in [2.24, 2.45) is 5.92 Å². The van der Waals surface area contributed by atoms with Gasteiger partial charge in [-0.15, -0.1) is 0 Å². The molecule has 0 amide bonds. The summed E-state index contributed by atoms with van der Waals surface area (Å²) in [7, 11) is 0. The van der Waals surface area contributed by atoms with E-state index in [9.17, 15) is 10.2 Å². The zero-order valence-corrected chi connectivity index (χ0v) is 12.1. The third-order valence-corrected chi connectivity index (χ3v) is 4.26. The number of aromatic hydroxyl groups is 2. The highest BCUT2D eigenvalue weighted by atomic mass is 16.5. The molecule has 0 radical (unpaired) electrons. The highest BCUT2D eigenvalue weighted by molar-refractivity contribution is 5.41. The Labute approximate surface area is 124 Å². The van der Waals surface area contributed by atoms with Crippen LogP contribution in [-0.2, 0) is 10.3 Å². The van der Waals surface area contributed by atoms with Gasteiger partial charge in [-0.05, 0) is 54.2 Å². The van der Waals surface area contributed by atoms with E-state index in [1.54, 1.807) is 24.3 Å². The maximum absolute atomic E-state index is 9.52. The Morgan fingerprint density at radius 2 is 1.38 bits per heavy atom. The highest BCUT2D eigenvalue weighted by Crippen LogP contribution is 2.43. The predicted octanol–water partition coefficient (Wildman–Crippen LogP) is 3.79. The van der Waals surface area contributed by atoms with Crippen LogP contribution in [0.2, 0.25) is 0 Å². The van der Waals surface area contributed by atoms with Gasteiger partial charge in [-0.2, -0.15) is 0 Å². The van der Waals surface area contributed by atoms with Gasteiger partial charge in [0.15, 0.2) is 0 Å². The number of benzene rings is 2. The molecular formula is C18H20O3. The summed E-state index contributed by atoms with van der Waals surface area (Å²) in [5.74, 6) is 1.06. The normalized spacial score (nSPS) is 21.1. The van der Waals surface area contributed by atoms with Crippen molar-refractivity contribution in [1.29, 1.82) is 0 Å². The van der Waals surface area contributed by atoms with Gasteiger partial charge >= 0.3 is 0 Å². The topological polar surface area (TPSA) is 49.7 Å². The highest BCUT2D eigenvalue weighted by Gasteiger charge is 2.39. The van der Waals surface area contributed by atoms with Crippen LogP contribution >= 0.6 is 0 Å². The van der Waals surface area contributed by atoms with E-state index in [1.807, 2.05) is 24.3 Å². The smallest absolute Gasteiger partial charge is 0.118 e. The predicted molar refractivity (Wildman–Crippen MR) is 81.3 cm³/mol. The van der Waals surface area contributed by atoms with E-state index in [2.05, 4.69) is 6.92 Å². The van der Waals surface area contributed by atoms with Crippen molar-refractivity contribution in [2.45, 2.75) is 25.4 Å². The number of phenols is 2. The molecule has 3 nitrogen and oxygen atoms in total. The lowest BCUT2D eigenvalue weighted by Gasteiger charge is -2.41. The van der Waals surface area contributed by atoms with E-state index in [4.69, 9.17) is 4.74 Å². The fourth-order valence-corrected chi connectivity index (χ4v) is 3.12. The molecular weight excluding hydrogens is 264 g/mol. The fourth-order valence-electron chi connectivity index (χ4n) is 3.12. The number of rotatable bonds is 2. The summed E-state index contributed by atoms with van der Waals surface area (Å²) >= 11 is 0. The van der Waals surface area contributed by atoms with Crippen molar-refractivity contribution >= 4 is 0 Å². The maximum Gasteiger partial charge on any atom is 0.118 e. The van der Waals surface area contributed by atoms with Crippen molar-refractivity contribution in [1.82, 2.24) is 0 Å². The van der Waals surface area contributed by atoms with Gasteiger partial charge in [-0.3, -0.25) is 0 Å². The molecule has 2 aromatic rings. The lowest BCUT2D eigenvalue weighted by molar-refractivity contribution is -0.0715. The molecule has 1 heterocycles. The van der Waals surface area contributed by atoms with Crippen molar-refractivity contribution < 1.29 is 14.9 Å². The van der Waals surface area contributed by atoms with E-state index in [-0.39, 0.29) is 11.5 Å². The number of ether oxygens (including phenoxy) is 1. The maximum atomic E-state index is 9.52. The first kappa shape index (κ1) is 14.0. The van der Waals surface area contributed by atoms with E-state index in [1.165, 1.54) is 0 Å². The number of hydrogen-bond donors (Lipinski definition) is 2. The molecule has 1 unspecified atom stereocenters. The molecule has 0 spiro atoms. The van der Waals surface area contributed by atoms with Crippen LogP contribution in [0.15, 0.2) is 48.5 Å². The number of hydrogen-bond acceptors (Lipinski definition) is 3. The molecule has 0 aliphatic carbocycles. The van der Waals surface area contributed by atoms with Gasteiger partial charge in [-0.1, -0.05) is 31.2 Å². The largest absolute Gasteiger partial charge is 0.508 e. The van der Waals surface area contributed by atoms with Crippen molar-refractivity contribution in [3.05, 3.63) is 59.7 Å². The van der Waals surface area contributed by atoms with Crippen LogP contribution in [0.3, 0.4) is 0 Å². The number of phenolic OH excluding ortho intramolecular Hbond substituents is 2. The standard InChI is InChI=1S/C18H20O3/c1-13-10-11-21-18(12-13,14-2-6-16(19)7-3-14)15-4-8-17(20)9-5-15/h2-9,13,19-20H,10-12H2,1H3. The van der Waals surface area contributed by atoms with Crippen LogP contribution in [0.1, 0.15) is 30.9 Å². The van der Waals surface area contributed by atoms with Gasteiger partial charge in [0.05, 0.1) is 0 Å². The van der Waals surface area contributed by atoms with Gasteiger partial charge in [0.25, 0.3) is 0 Å².